The number of carbonyl (C=O) groups is 1. The second kappa shape index (κ2) is 9.53. The number of carbonyl (C=O) groups excluding carboxylic acids is 1. The normalized spacial score (nSPS) is 11.8. The van der Waals surface area contributed by atoms with E-state index in [0.717, 1.165) is 27.1 Å². The first-order valence-electron chi connectivity index (χ1n) is 8.82. The lowest BCUT2D eigenvalue weighted by Crippen LogP contribution is -2.30. The lowest BCUT2D eigenvalue weighted by molar-refractivity contribution is -0.120. The average molecular weight is 399 g/mol. The Bertz CT molecular complexity index is 865. The summed E-state index contributed by atoms with van der Waals surface area (Å²) in [6.07, 6.45) is 1.02. The molecule has 1 amide bonds. The van der Waals surface area contributed by atoms with E-state index in [1.165, 1.54) is 28.7 Å². The minimum absolute atomic E-state index is 0.0104. The predicted molar refractivity (Wildman–Crippen MR) is 113 cm³/mol. The fourth-order valence-electron chi connectivity index (χ4n) is 2.39. The van der Waals surface area contributed by atoms with Gasteiger partial charge in [-0.1, -0.05) is 72.5 Å². The van der Waals surface area contributed by atoms with Gasteiger partial charge in [-0.05, 0) is 36.6 Å². The Balaban J connectivity index is 1.50. The van der Waals surface area contributed by atoms with E-state index >= 15 is 0 Å². The maximum atomic E-state index is 12.3. The van der Waals surface area contributed by atoms with Gasteiger partial charge in [-0.2, -0.15) is 0 Å². The van der Waals surface area contributed by atoms with Crippen molar-refractivity contribution in [3.63, 3.8) is 0 Å². The third-order valence-electron chi connectivity index (χ3n) is 3.98. The van der Waals surface area contributed by atoms with Crippen molar-refractivity contribution < 1.29 is 4.79 Å². The van der Waals surface area contributed by atoms with Gasteiger partial charge in [0.2, 0.25) is 11.0 Å². The number of aromatic nitrogens is 2. The molecule has 3 aromatic rings. The molecule has 3 rings (SSSR count). The zero-order valence-corrected chi connectivity index (χ0v) is 16.9. The topological polar surface area (TPSA) is 66.9 Å². The number of amides is 1. The van der Waals surface area contributed by atoms with Crippen molar-refractivity contribution in [2.24, 2.45) is 0 Å². The largest absolute Gasteiger partial charge is 0.351 e. The molecule has 140 valence electrons. The van der Waals surface area contributed by atoms with Crippen LogP contribution in [0.4, 0.5) is 10.8 Å². The van der Waals surface area contributed by atoms with Gasteiger partial charge in [0.1, 0.15) is 0 Å². The third kappa shape index (κ3) is 5.80. The van der Waals surface area contributed by atoms with Gasteiger partial charge in [0.15, 0.2) is 4.34 Å². The van der Waals surface area contributed by atoms with Crippen LogP contribution in [0.5, 0.6) is 0 Å². The van der Waals surface area contributed by atoms with Crippen LogP contribution in [0.15, 0.2) is 58.9 Å². The number of anilines is 2. The molecule has 0 saturated heterocycles. The lowest BCUT2D eigenvalue weighted by Gasteiger charge is -2.10. The molecule has 2 N–H and O–H groups in total. The molecule has 2 aromatic carbocycles. The quantitative estimate of drug-likeness (QED) is 0.541. The van der Waals surface area contributed by atoms with Crippen molar-refractivity contribution >= 4 is 39.8 Å². The fraction of sp³-hybridized carbons (Fsp3) is 0.250. The van der Waals surface area contributed by atoms with Gasteiger partial charge in [-0.15, -0.1) is 10.2 Å². The molecule has 0 aliphatic rings. The maximum Gasteiger partial charge on any atom is 0.233 e. The van der Waals surface area contributed by atoms with E-state index in [-0.39, 0.29) is 11.2 Å². The van der Waals surface area contributed by atoms with Crippen LogP contribution in [0.3, 0.4) is 0 Å². The van der Waals surface area contributed by atoms with Gasteiger partial charge in [-0.25, -0.2) is 0 Å². The average Bonchev–Trinajstić information content (AvgIpc) is 3.14. The van der Waals surface area contributed by atoms with Crippen molar-refractivity contribution in [3.05, 3.63) is 65.7 Å². The molecule has 5 nitrogen and oxygen atoms in total. The number of nitrogens with one attached hydrogen (secondary N) is 2. The minimum atomic E-state index is -0.238. The monoisotopic (exact) mass is 398 g/mol. The highest BCUT2D eigenvalue weighted by molar-refractivity contribution is 8.02. The molecule has 0 fully saturated rings. The molecule has 7 heteroatoms. The summed E-state index contributed by atoms with van der Waals surface area (Å²) in [5.74, 6) is -0.0104. The first-order chi connectivity index (χ1) is 13.1. The summed E-state index contributed by atoms with van der Waals surface area (Å²) in [6.45, 7) is 4.54. The molecular weight excluding hydrogens is 376 g/mol. The van der Waals surface area contributed by atoms with E-state index in [9.17, 15) is 4.79 Å². The Morgan fingerprint density at radius 2 is 1.81 bits per heavy atom. The number of nitrogens with zero attached hydrogens (tertiary/aromatic N) is 2. The Hall–Kier alpha value is -2.38. The van der Waals surface area contributed by atoms with Crippen LogP contribution < -0.4 is 10.6 Å². The second-order valence-corrected chi connectivity index (χ2v) is 8.58. The van der Waals surface area contributed by atoms with Crippen molar-refractivity contribution in [2.45, 2.75) is 36.4 Å². The molecule has 0 aliphatic heterocycles. The van der Waals surface area contributed by atoms with Crippen molar-refractivity contribution in [1.29, 1.82) is 0 Å². The van der Waals surface area contributed by atoms with Gasteiger partial charge >= 0.3 is 0 Å². The first kappa shape index (κ1) is 19.4. The number of aryl methyl sites for hydroxylation is 1. The molecule has 1 aromatic heterocycles. The van der Waals surface area contributed by atoms with E-state index < -0.39 is 0 Å². The van der Waals surface area contributed by atoms with Gasteiger partial charge < -0.3 is 10.6 Å². The number of thioether (sulfide) groups is 1. The van der Waals surface area contributed by atoms with Crippen LogP contribution in [-0.4, -0.2) is 21.4 Å². The molecule has 0 unspecified atom stereocenters. The number of rotatable bonds is 8. The van der Waals surface area contributed by atoms with Crippen molar-refractivity contribution in [2.75, 3.05) is 5.32 Å². The van der Waals surface area contributed by atoms with Crippen LogP contribution in [-0.2, 0) is 17.8 Å². The highest BCUT2D eigenvalue weighted by Crippen LogP contribution is 2.30. The molecule has 1 heterocycles. The van der Waals surface area contributed by atoms with Gasteiger partial charge in [-0.3, -0.25) is 4.79 Å². The molecule has 27 heavy (non-hydrogen) atoms. The minimum Gasteiger partial charge on any atom is -0.351 e. The van der Waals surface area contributed by atoms with E-state index in [1.54, 1.807) is 0 Å². The third-order valence-corrected chi connectivity index (χ3v) is 6.00. The zero-order valence-electron chi connectivity index (χ0n) is 15.3. The summed E-state index contributed by atoms with van der Waals surface area (Å²) >= 11 is 2.86. The summed E-state index contributed by atoms with van der Waals surface area (Å²) in [7, 11) is 0. The smallest absolute Gasteiger partial charge is 0.233 e. The summed E-state index contributed by atoms with van der Waals surface area (Å²) < 4.78 is 0.769. The SMILES string of the molecule is CCc1ccc(Nc2nnc(S[C@@H](C)C(=O)NCc3ccccc3)s2)cc1. The predicted octanol–water partition coefficient (Wildman–Crippen LogP) is 4.64. The van der Waals surface area contributed by atoms with Crippen LogP contribution >= 0.6 is 23.1 Å². The maximum absolute atomic E-state index is 12.3. The summed E-state index contributed by atoms with van der Waals surface area (Å²) in [5.41, 5.74) is 3.36. The van der Waals surface area contributed by atoms with Crippen LogP contribution in [0, 0.1) is 0 Å². The molecule has 0 radical (unpaired) electrons. The van der Waals surface area contributed by atoms with Crippen LogP contribution in [0.2, 0.25) is 0 Å². The Morgan fingerprint density at radius 1 is 1.07 bits per heavy atom. The van der Waals surface area contributed by atoms with Crippen molar-refractivity contribution in [3.8, 4) is 0 Å². The molecule has 0 spiro atoms. The lowest BCUT2D eigenvalue weighted by atomic mass is 10.1. The van der Waals surface area contributed by atoms with E-state index in [4.69, 9.17) is 0 Å². The molecular formula is C20H22N4OS2. The van der Waals surface area contributed by atoms with Crippen LogP contribution in [0.25, 0.3) is 0 Å². The number of benzene rings is 2. The zero-order chi connectivity index (χ0) is 19.1. The Kier molecular flexibility index (Phi) is 6.84. The molecule has 0 bridgehead atoms. The summed E-state index contributed by atoms with van der Waals surface area (Å²) in [6, 6.07) is 18.1. The molecule has 1 atom stereocenters. The van der Waals surface area contributed by atoms with Crippen molar-refractivity contribution in [1.82, 2.24) is 15.5 Å². The van der Waals surface area contributed by atoms with Gasteiger partial charge in [0, 0.05) is 12.2 Å². The Labute approximate surface area is 167 Å². The summed E-state index contributed by atoms with van der Waals surface area (Å²) in [5, 5.41) is 15.0. The number of hydrogen-bond acceptors (Lipinski definition) is 6. The fourth-order valence-corrected chi connectivity index (χ4v) is 4.33. The second-order valence-electron chi connectivity index (χ2n) is 6.01. The highest BCUT2D eigenvalue weighted by Gasteiger charge is 2.17. The van der Waals surface area contributed by atoms with Gasteiger partial charge in [0.05, 0.1) is 5.25 Å². The first-order valence-corrected chi connectivity index (χ1v) is 10.5. The van der Waals surface area contributed by atoms with E-state index in [2.05, 4.69) is 39.9 Å². The highest BCUT2D eigenvalue weighted by atomic mass is 32.2. The van der Waals surface area contributed by atoms with Crippen LogP contribution in [0.1, 0.15) is 25.0 Å². The summed E-state index contributed by atoms with van der Waals surface area (Å²) in [4.78, 5) is 12.3. The standard InChI is InChI=1S/C20H22N4OS2/c1-3-15-9-11-17(12-10-15)22-19-23-24-20(27-19)26-14(2)18(25)21-13-16-7-5-4-6-8-16/h4-12,14H,3,13H2,1-2H3,(H,21,25)(H,22,23)/t14-/m0/s1. The molecule has 0 aliphatic carbocycles. The van der Waals surface area contributed by atoms with E-state index in [0.29, 0.717) is 6.54 Å². The molecule has 0 saturated carbocycles. The van der Waals surface area contributed by atoms with Gasteiger partial charge in [0.25, 0.3) is 0 Å². The Morgan fingerprint density at radius 3 is 2.52 bits per heavy atom. The number of hydrogen-bond donors (Lipinski definition) is 2. The van der Waals surface area contributed by atoms with E-state index in [1.807, 2.05) is 49.4 Å².